The molecule has 0 N–H and O–H groups in total. The summed E-state index contributed by atoms with van der Waals surface area (Å²) in [6, 6.07) is -0.283. The molecule has 0 radical (unpaired) electrons. The van der Waals surface area contributed by atoms with Crippen LogP contribution < -0.4 is 0 Å². The van der Waals surface area contributed by atoms with Gasteiger partial charge >= 0.3 is 12.2 Å². The Balaban J connectivity index is 2.93. The summed E-state index contributed by atoms with van der Waals surface area (Å²) in [5.41, 5.74) is 0. The van der Waals surface area contributed by atoms with Gasteiger partial charge in [0.25, 0.3) is 0 Å². The third-order valence-electron chi connectivity index (χ3n) is 2.55. The monoisotopic (exact) mass is 268 g/mol. The van der Waals surface area contributed by atoms with Gasteiger partial charge in [-0.05, 0) is 20.3 Å². The van der Waals surface area contributed by atoms with Crippen molar-refractivity contribution >= 4 is 12.2 Å². The van der Waals surface area contributed by atoms with Crippen LogP contribution in [0, 0.1) is 0 Å². The highest BCUT2D eigenvalue weighted by Gasteiger charge is 2.34. The van der Waals surface area contributed by atoms with Gasteiger partial charge in [0.05, 0.1) is 25.8 Å². The number of carbonyl (C=O) groups is 2. The molecule has 0 aromatic rings. The van der Waals surface area contributed by atoms with Gasteiger partial charge in [-0.25, -0.2) is 19.6 Å². The highest BCUT2D eigenvalue weighted by Crippen LogP contribution is 2.18. The predicted octanol–water partition coefficient (Wildman–Crippen LogP) is 2.33. The third kappa shape index (κ3) is 3.74. The van der Waals surface area contributed by atoms with Crippen molar-refractivity contribution < 1.29 is 19.1 Å². The van der Waals surface area contributed by atoms with Crippen LogP contribution in [-0.4, -0.2) is 48.0 Å². The van der Waals surface area contributed by atoms with Gasteiger partial charge < -0.3 is 9.47 Å². The largest absolute Gasteiger partial charge is 0.448 e. The van der Waals surface area contributed by atoms with Gasteiger partial charge in [0.15, 0.2) is 0 Å². The minimum atomic E-state index is -0.563. The Hall–Kier alpha value is -1.98. The molecule has 19 heavy (non-hydrogen) atoms. The molecular weight excluding hydrogens is 248 g/mol. The fourth-order valence-electron chi connectivity index (χ4n) is 1.80. The lowest BCUT2D eigenvalue weighted by molar-refractivity contribution is -0.0324. The number of amides is 2. The summed E-state index contributed by atoms with van der Waals surface area (Å²) in [6.45, 7) is 7.87. The Morgan fingerprint density at radius 3 is 2.53 bits per heavy atom. The SMILES string of the molecule is C=CC[C@@H]1C=CCN(C(=O)OCC)N1C(=O)OCC. The molecule has 106 valence electrons. The van der Waals surface area contributed by atoms with Crippen molar-refractivity contribution in [1.82, 2.24) is 10.0 Å². The first kappa shape index (κ1) is 15.1. The minimum absolute atomic E-state index is 0.247. The lowest BCUT2D eigenvalue weighted by atomic mass is 10.1. The summed E-state index contributed by atoms with van der Waals surface area (Å²) in [6.07, 6.45) is 4.77. The third-order valence-corrected chi connectivity index (χ3v) is 2.55. The van der Waals surface area contributed by atoms with Crippen molar-refractivity contribution in [2.45, 2.75) is 26.3 Å². The molecule has 1 aliphatic rings. The Kier molecular flexibility index (Phi) is 5.92. The maximum atomic E-state index is 12.0. The van der Waals surface area contributed by atoms with Crippen molar-refractivity contribution in [3.63, 3.8) is 0 Å². The van der Waals surface area contributed by atoms with Crippen LogP contribution in [0.3, 0.4) is 0 Å². The summed E-state index contributed by atoms with van der Waals surface area (Å²) in [4.78, 5) is 23.9. The number of nitrogens with zero attached hydrogens (tertiary/aromatic N) is 2. The van der Waals surface area contributed by atoms with Crippen LogP contribution >= 0.6 is 0 Å². The van der Waals surface area contributed by atoms with Gasteiger partial charge in [0.2, 0.25) is 0 Å². The quantitative estimate of drug-likeness (QED) is 0.734. The molecule has 1 rings (SSSR count). The molecule has 0 aromatic carbocycles. The first-order valence-electron chi connectivity index (χ1n) is 6.33. The van der Waals surface area contributed by atoms with Crippen molar-refractivity contribution in [3.8, 4) is 0 Å². The Bertz CT molecular complexity index is 368. The summed E-state index contributed by atoms with van der Waals surface area (Å²) in [5, 5.41) is 2.53. The van der Waals surface area contributed by atoms with E-state index in [0.29, 0.717) is 6.42 Å². The standard InChI is InChI=1S/C13H20N2O4/c1-4-8-11-9-7-10-14(12(16)18-5-2)15(11)13(17)19-6-3/h4,7,9,11H,1,5-6,8,10H2,2-3H3/t11-/m1/s1. The molecule has 0 aromatic heterocycles. The van der Waals surface area contributed by atoms with Crippen molar-refractivity contribution in [3.05, 3.63) is 24.8 Å². The number of hydrazine groups is 1. The Morgan fingerprint density at radius 1 is 1.32 bits per heavy atom. The van der Waals surface area contributed by atoms with E-state index in [1.54, 1.807) is 19.9 Å². The van der Waals surface area contributed by atoms with E-state index in [4.69, 9.17) is 9.47 Å². The van der Waals surface area contributed by atoms with Crippen LogP contribution in [0.4, 0.5) is 9.59 Å². The zero-order valence-electron chi connectivity index (χ0n) is 11.4. The second-order valence-corrected chi connectivity index (χ2v) is 3.84. The van der Waals surface area contributed by atoms with Crippen LogP contribution in [0.15, 0.2) is 24.8 Å². The lowest BCUT2D eigenvalue weighted by Crippen LogP contribution is -2.56. The first-order valence-corrected chi connectivity index (χ1v) is 6.33. The molecule has 0 saturated carbocycles. The number of ether oxygens (including phenoxy) is 2. The van der Waals surface area contributed by atoms with E-state index in [1.165, 1.54) is 10.0 Å². The highest BCUT2D eigenvalue weighted by atomic mass is 16.6. The van der Waals surface area contributed by atoms with Gasteiger partial charge in [-0.3, -0.25) is 0 Å². The molecule has 6 heteroatoms. The molecule has 0 saturated heterocycles. The van der Waals surface area contributed by atoms with Gasteiger partial charge in [-0.2, -0.15) is 0 Å². The highest BCUT2D eigenvalue weighted by molar-refractivity contribution is 5.75. The molecule has 0 spiro atoms. The van der Waals surface area contributed by atoms with Crippen LogP contribution in [0.2, 0.25) is 0 Å². The van der Waals surface area contributed by atoms with Crippen molar-refractivity contribution in [2.75, 3.05) is 19.8 Å². The van der Waals surface area contributed by atoms with E-state index < -0.39 is 12.2 Å². The van der Waals surface area contributed by atoms with Gasteiger partial charge in [0, 0.05) is 0 Å². The zero-order chi connectivity index (χ0) is 14.3. The van der Waals surface area contributed by atoms with E-state index in [9.17, 15) is 9.59 Å². The maximum Gasteiger partial charge on any atom is 0.429 e. The summed E-state index contributed by atoms with van der Waals surface area (Å²) in [5.74, 6) is 0. The minimum Gasteiger partial charge on any atom is -0.448 e. The number of carbonyl (C=O) groups excluding carboxylic acids is 2. The van der Waals surface area contributed by atoms with E-state index in [0.717, 1.165) is 0 Å². The summed E-state index contributed by atoms with van der Waals surface area (Å²) >= 11 is 0. The molecule has 1 aliphatic heterocycles. The lowest BCUT2D eigenvalue weighted by Gasteiger charge is -2.39. The van der Waals surface area contributed by atoms with E-state index >= 15 is 0 Å². The number of rotatable bonds is 4. The second kappa shape index (κ2) is 7.45. The van der Waals surface area contributed by atoms with Crippen molar-refractivity contribution in [1.29, 1.82) is 0 Å². The predicted molar refractivity (Wildman–Crippen MR) is 70.3 cm³/mol. The molecular formula is C13H20N2O4. The number of hydrogen-bond acceptors (Lipinski definition) is 4. The topological polar surface area (TPSA) is 59.1 Å². The molecule has 6 nitrogen and oxygen atoms in total. The first-order chi connectivity index (χ1) is 9.15. The average molecular weight is 268 g/mol. The van der Waals surface area contributed by atoms with Gasteiger partial charge in [-0.1, -0.05) is 18.2 Å². The fourth-order valence-corrected chi connectivity index (χ4v) is 1.80. The smallest absolute Gasteiger partial charge is 0.429 e. The fraction of sp³-hybridized carbons (Fsp3) is 0.538. The number of hydrogen-bond donors (Lipinski definition) is 0. The van der Waals surface area contributed by atoms with Crippen LogP contribution in [0.1, 0.15) is 20.3 Å². The average Bonchev–Trinajstić information content (AvgIpc) is 2.39. The van der Waals surface area contributed by atoms with Gasteiger partial charge in [0.1, 0.15) is 0 Å². The normalized spacial score (nSPS) is 18.1. The van der Waals surface area contributed by atoms with Gasteiger partial charge in [-0.15, -0.1) is 6.58 Å². The summed E-state index contributed by atoms with van der Waals surface area (Å²) < 4.78 is 9.93. The van der Waals surface area contributed by atoms with E-state index in [1.807, 2.05) is 12.2 Å². The Labute approximate surface area is 113 Å². The molecule has 0 bridgehead atoms. The van der Waals surface area contributed by atoms with Crippen molar-refractivity contribution in [2.24, 2.45) is 0 Å². The molecule has 0 fully saturated rings. The molecule has 1 atom stereocenters. The maximum absolute atomic E-state index is 12.0. The van der Waals surface area contributed by atoms with Crippen LogP contribution in [0.25, 0.3) is 0 Å². The molecule has 2 amide bonds. The van der Waals surface area contributed by atoms with E-state index in [-0.39, 0.29) is 25.8 Å². The van der Waals surface area contributed by atoms with Crippen LogP contribution in [-0.2, 0) is 9.47 Å². The Morgan fingerprint density at radius 2 is 1.95 bits per heavy atom. The molecule has 0 aliphatic carbocycles. The summed E-state index contributed by atoms with van der Waals surface area (Å²) in [7, 11) is 0. The molecule has 1 heterocycles. The molecule has 0 unspecified atom stereocenters. The van der Waals surface area contributed by atoms with Crippen LogP contribution in [0.5, 0.6) is 0 Å². The van der Waals surface area contributed by atoms with E-state index in [2.05, 4.69) is 6.58 Å². The zero-order valence-corrected chi connectivity index (χ0v) is 11.4. The second-order valence-electron chi connectivity index (χ2n) is 3.84.